The van der Waals surface area contributed by atoms with E-state index >= 15 is 0 Å². The number of aromatic hydroxyl groups is 1. The molecule has 2 aromatic rings. The number of pyridine rings is 1. The molecule has 0 bridgehead atoms. The molecule has 2 N–H and O–H groups in total. The second-order valence-corrected chi connectivity index (χ2v) is 3.58. The van der Waals surface area contributed by atoms with E-state index in [1.807, 2.05) is 0 Å². The number of amides is 1. The molecule has 0 aliphatic heterocycles. The number of rotatable bonds is 3. The molecule has 0 radical (unpaired) electrons. The van der Waals surface area contributed by atoms with Crippen LogP contribution in [0.3, 0.4) is 0 Å². The number of carbonyl (C=O) groups is 1. The molecule has 17 heavy (non-hydrogen) atoms. The Labute approximate surface area is 98.1 Å². The van der Waals surface area contributed by atoms with Crippen molar-refractivity contribution in [1.29, 1.82) is 0 Å². The van der Waals surface area contributed by atoms with Gasteiger partial charge in [0.25, 0.3) is 5.91 Å². The molecule has 2 heterocycles. The fourth-order valence-corrected chi connectivity index (χ4v) is 1.45. The van der Waals surface area contributed by atoms with Crippen LogP contribution in [-0.2, 0) is 0 Å². The van der Waals surface area contributed by atoms with Gasteiger partial charge in [-0.15, -0.1) is 0 Å². The van der Waals surface area contributed by atoms with E-state index in [-0.39, 0.29) is 17.5 Å². The van der Waals surface area contributed by atoms with Gasteiger partial charge in [-0.2, -0.15) is 0 Å². The van der Waals surface area contributed by atoms with Crippen LogP contribution < -0.4 is 5.32 Å². The van der Waals surface area contributed by atoms with Gasteiger partial charge in [0.15, 0.2) is 5.69 Å². The molecule has 2 rings (SSSR count). The lowest BCUT2D eigenvalue weighted by Crippen LogP contribution is -2.27. The summed E-state index contributed by atoms with van der Waals surface area (Å²) in [6.07, 6.45) is 2.99. The predicted molar refractivity (Wildman–Crippen MR) is 60.5 cm³/mol. The SMILES string of the molecule is CC(NC(=O)c1ncccc1O)c1ccco1. The monoisotopic (exact) mass is 232 g/mol. The number of furan rings is 1. The zero-order valence-electron chi connectivity index (χ0n) is 9.25. The lowest BCUT2D eigenvalue weighted by Gasteiger charge is -2.11. The van der Waals surface area contributed by atoms with Crippen LogP contribution in [0, 0.1) is 0 Å². The third-order valence-electron chi connectivity index (χ3n) is 2.32. The van der Waals surface area contributed by atoms with E-state index in [4.69, 9.17) is 4.42 Å². The summed E-state index contributed by atoms with van der Waals surface area (Å²) in [6.45, 7) is 1.79. The topological polar surface area (TPSA) is 75.4 Å². The summed E-state index contributed by atoms with van der Waals surface area (Å²) in [4.78, 5) is 15.6. The van der Waals surface area contributed by atoms with Crippen molar-refractivity contribution in [3.05, 3.63) is 48.2 Å². The molecule has 0 aliphatic carbocycles. The van der Waals surface area contributed by atoms with Crippen LogP contribution in [0.2, 0.25) is 0 Å². The lowest BCUT2D eigenvalue weighted by atomic mass is 10.2. The zero-order chi connectivity index (χ0) is 12.3. The third-order valence-corrected chi connectivity index (χ3v) is 2.32. The third kappa shape index (κ3) is 2.44. The first-order valence-corrected chi connectivity index (χ1v) is 5.16. The van der Waals surface area contributed by atoms with Gasteiger partial charge in [0.2, 0.25) is 0 Å². The van der Waals surface area contributed by atoms with Gasteiger partial charge in [-0.05, 0) is 31.2 Å². The molecule has 0 saturated carbocycles. The highest BCUT2D eigenvalue weighted by Crippen LogP contribution is 2.16. The van der Waals surface area contributed by atoms with Crippen molar-refractivity contribution in [1.82, 2.24) is 10.3 Å². The number of carbonyl (C=O) groups excluding carboxylic acids is 1. The Kier molecular flexibility index (Phi) is 3.09. The van der Waals surface area contributed by atoms with E-state index in [0.717, 1.165) is 0 Å². The number of aromatic nitrogens is 1. The first-order valence-electron chi connectivity index (χ1n) is 5.16. The van der Waals surface area contributed by atoms with Crippen molar-refractivity contribution in [2.45, 2.75) is 13.0 Å². The van der Waals surface area contributed by atoms with Crippen molar-refractivity contribution in [2.75, 3.05) is 0 Å². The summed E-state index contributed by atoms with van der Waals surface area (Å²) < 4.78 is 5.16. The summed E-state index contributed by atoms with van der Waals surface area (Å²) in [7, 11) is 0. The van der Waals surface area contributed by atoms with E-state index < -0.39 is 5.91 Å². The van der Waals surface area contributed by atoms with Crippen molar-refractivity contribution in [2.24, 2.45) is 0 Å². The quantitative estimate of drug-likeness (QED) is 0.847. The molecule has 5 nitrogen and oxygen atoms in total. The van der Waals surface area contributed by atoms with Gasteiger partial charge >= 0.3 is 0 Å². The largest absolute Gasteiger partial charge is 0.505 e. The van der Waals surface area contributed by atoms with Crippen LogP contribution in [0.5, 0.6) is 5.75 Å². The molecule has 1 amide bonds. The Hall–Kier alpha value is -2.30. The highest BCUT2D eigenvalue weighted by Gasteiger charge is 2.16. The molecule has 5 heteroatoms. The van der Waals surface area contributed by atoms with Crippen LogP contribution in [0.15, 0.2) is 41.1 Å². The minimum atomic E-state index is -0.438. The van der Waals surface area contributed by atoms with Gasteiger partial charge in [-0.1, -0.05) is 0 Å². The summed E-state index contributed by atoms with van der Waals surface area (Å²) in [5.74, 6) is 0.0671. The van der Waals surface area contributed by atoms with Crippen molar-refractivity contribution in [3.63, 3.8) is 0 Å². The number of nitrogens with zero attached hydrogens (tertiary/aromatic N) is 1. The van der Waals surface area contributed by atoms with Gasteiger partial charge in [0.1, 0.15) is 11.5 Å². The van der Waals surface area contributed by atoms with Gasteiger partial charge in [-0.3, -0.25) is 4.79 Å². The Morgan fingerprint density at radius 1 is 1.47 bits per heavy atom. The second kappa shape index (κ2) is 4.69. The Bertz CT molecular complexity index is 508. The van der Waals surface area contributed by atoms with Gasteiger partial charge in [0, 0.05) is 6.20 Å². The van der Waals surface area contributed by atoms with Crippen LogP contribution in [0.25, 0.3) is 0 Å². The maximum atomic E-state index is 11.8. The average Bonchev–Trinajstić information content (AvgIpc) is 2.82. The van der Waals surface area contributed by atoms with Gasteiger partial charge in [0.05, 0.1) is 12.3 Å². The summed E-state index contributed by atoms with van der Waals surface area (Å²) >= 11 is 0. The van der Waals surface area contributed by atoms with Crippen molar-refractivity contribution >= 4 is 5.91 Å². The minimum Gasteiger partial charge on any atom is -0.505 e. The van der Waals surface area contributed by atoms with Crippen molar-refractivity contribution in [3.8, 4) is 5.75 Å². The Morgan fingerprint density at radius 3 is 2.94 bits per heavy atom. The molecule has 1 unspecified atom stereocenters. The molecule has 0 aromatic carbocycles. The summed E-state index contributed by atoms with van der Waals surface area (Å²) in [6, 6.07) is 6.21. The zero-order valence-corrected chi connectivity index (χ0v) is 9.25. The number of hydrogen-bond donors (Lipinski definition) is 2. The Morgan fingerprint density at radius 2 is 2.29 bits per heavy atom. The molecule has 1 atom stereocenters. The highest BCUT2D eigenvalue weighted by molar-refractivity contribution is 5.94. The maximum Gasteiger partial charge on any atom is 0.274 e. The lowest BCUT2D eigenvalue weighted by molar-refractivity contribution is 0.0927. The normalized spacial score (nSPS) is 12.1. The van der Waals surface area contributed by atoms with Crippen LogP contribution in [-0.4, -0.2) is 16.0 Å². The van der Waals surface area contributed by atoms with E-state index in [9.17, 15) is 9.90 Å². The molecule has 0 saturated heterocycles. The predicted octanol–water partition coefficient (Wildman–Crippen LogP) is 1.87. The number of hydrogen-bond acceptors (Lipinski definition) is 4. The molecular weight excluding hydrogens is 220 g/mol. The molecule has 88 valence electrons. The molecular formula is C12H12N2O3. The van der Waals surface area contributed by atoms with Crippen LogP contribution in [0.4, 0.5) is 0 Å². The van der Waals surface area contributed by atoms with E-state index in [2.05, 4.69) is 10.3 Å². The first kappa shape index (κ1) is 11.2. The van der Waals surface area contributed by atoms with Crippen molar-refractivity contribution < 1.29 is 14.3 Å². The highest BCUT2D eigenvalue weighted by atomic mass is 16.3. The van der Waals surface area contributed by atoms with Crippen LogP contribution >= 0.6 is 0 Å². The van der Waals surface area contributed by atoms with Crippen LogP contribution in [0.1, 0.15) is 29.2 Å². The maximum absolute atomic E-state index is 11.8. The standard InChI is InChI=1S/C12H12N2O3/c1-8(10-5-3-7-17-10)14-12(16)11-9(15)4-2-6-13-11/h2-8,15H,1H3,(H,14,16). The minimum absolute atomic E-state index is 0.00547. The van der Waals surface area contributed by atoms with Gasteiger partial charge in [-0.25, -0.2) is 4.98 Å². The first-order chi connectivity index (χ1) is 8.18. The van der Waals surface area contributed by atoms with E-state index in [0.29, 0.717) is 5.76 Å². The van der Waals surface area contributed by atoms with Gasteiger partial charge < -0.3 is 14.8 Å². The Balaban J connectivity index is 2.10. The molecule has 2 aromatic heterocycles. The molecule has 0 spiro atoms. The average molecular weight is 232 g/mol. The van der Waals surface area contributed by atoms with E-state index in [1.165, 1.54) is 18.5 Å². The smallest absolute Gasteiger partial charge is 0.274 e. The fourth-order valence-electron chi connectivity index (χ4n) is 1.45. The van der Waals surface area contributed by atoms with E-state index in [1.54, 1.807) is 25.1 Å². The number of nitrogens with one attached hydrogen (secondary N) is 1. The summed E-state index contributed by atoms with van der Waals surface area (Å²) in [5.41, 5.74) is 0.00547. The second-order valence-electron chi connectivity index (χ2n) is 3.58. The fraction of sp³-hybridized carbons (Fsp3) is 0.167. The molecule has 0 fully saturated rings. The summed E-state index contributed by atoms with van der Waals surface area (Å²) in [5, 5.41) is 12.2. The molecule has 0 aliphatic rings.